The SMILES string of the molecule is CC1(C)c2ccccc2-c2cc3c4ccccc4n(-c4cccc(/C5=C/C(c6ccccc6)=N/C(c6ccccc6)=C\CC5)c4)c3cc21. The van der Waals surface area contributed by atoms with E-state index in [-0.39, 0.29) is 5.41 Å². The highest BCUT2D eigenvalue weighted by Crippen LogP contribution is 2.51. The average molecular weight is 617 g/mol. The van der Waals surface area contributed by atoms with E-state index >= 15 is 0 Å². The molecule has 2 heterocycles. The first-order valence-electron chi connectivity index (χ1n) is 16.9. The zero-order valence-electron chi connectivity index (χ0n) is 27.3. The van der Waals surface area contributed by atoms with Crippen LogP contribution in [0.25, 0.3) is 49.9 Å². The number of nitrogens with zero attached hydrogens (tertiary/aromatic N) is 2. The fraction of sp³-hybridized carbons (Fsp3) is 0.109. The van der Waals surface area contributed by atoms with E-state index in [4.69, 9.17) is 4.99 Å². The highest BCUT2D eigenvalue weighted by molar-refractivity contribution is 6.15. The van der Waals surface area contributed by atoms with E-state index < -0.39 is 0 Å². The van der Waals surface area contributed by atoms with Gasteiger partial charge in [-0.2, -0.15) is 0 Å². The van der Waals surface area contributed by atoms with Crippen LogP contribution >= 0.6 is 0 Å². The Kier molecular flexibility index (Phi) is 6.65. The third kappa shape index (κ3) is 4.59. The monoisotopic (exact) mass is 616 g/mol. The molecule has 48 heavy (non-hydrogen) atoms. The molecule has 1 aliphatic carbocycles. The van der Waals surface area contributed by atoms with E-state index in [2.05, 4.69) is 176 Å². The van der Waals surface area contributed by atoms with E-state index in [1.807, 2.05) is 0 Å². The van der Waals surface area contributed by atoms with Gasteiger partial charge in [0.15, 0.2) is 0 Å². The third-order valence-electron chi connectivity index (χ3n) is 10.3. The number of hydrogen-bond acceptors (Lipinski definition) is 1. The summed E-state index contributed by atoms with van der Waals surface area (Å²) in [6, 6.07) is 52.9. The normalized spacial score (nSPS) is 18.5. The molecule has 0 saturated heterocycles. The molecule has 2 aliphatic rings. The van der Waals surface area contributed by atoms with E-state index in [0.29, 0.717) is 0 Å². The van der Waals surface area contributed by atoms with Crippen LogP contribution < -0.4 is 0 Å². The molecule has 0 radical (unpaired) electrons. The van der Waals surface area contributed by atoms with Gasteiger partial charge >= 0.3 is 0 Å². The summed E-state index contributed by atoms with van der Waals surface area (Å²) in [4.78, 5) is 5.27. The number of aromatic nitrogens is 1. The van der Waals surface area contributed by atoms with E-state index in [1.54, 1.807) is 0 Å². The van der Waals surface area contributed by atoms with Crippen LogP contribution in [0.2, 0.25) is 0 Å². The number of rotatable bonds is 4. The van der Waals surface area contributed by atoms with Gasteiger partial charge in [-0.25, -0.2) is 4.99 Å². The molecule has 0 bridgehead atoms. The van der Waals surface area contributed by atoms with Crippen molar-refractivity contribution in [3.8, 4) is 16.8 Å². The molecule has 1 aromatic heterocycles. The molecule has 0 amide bonds. The lowest BCUT2D eigenvalue weighted by Gasteiger charge is -2.21. The van der Waals surface area contributed by atoms with Gasteiger partial charge in [-0.05, 0) is 88.2 Å². The Balaban J connectivity index is 1.21. The molecule has 2 nitrogen and oxygen atoms in total. The standard InChI is InChI=1S/C46H36N2/c1-46(2)40-24-11-9-22-36(40)38-29-39-37-23-10-12-26-44(37)48(45(39)30-41(38)46)35-21-13-19-33(27-35)34-20-14-25-42(31-15-5-3-6-16-31)47-43(28-34)32-17-7-4-8-18-32/h3-13,15-19,21-30H,14,20H2,1-2H3/b34-28+,42-25-,47-43-. The van der Waals surface area contributed by atoms with Gasteiger partial charge in [-0.1, -0.05) is 135 Å². The average Bonchev–Trinajstić information content (AvgIpc) is 3.56. The van der Waals surface area contributed by atoms with Crippen LogP contribution in [0.1, 0.15) is 54.5 Å². The van der Waals surface area contributed by atoms with Crippen molar-refractivity contribution in [1.29, 1.82) is 0 Å². The van der Waals surface area contributed by atoms with Gasteiger partial charge in [0.2, 0.25) is 0 Å². The van der Waals surface area contributed by atoms with Gasteiger partial charge in [0.05, 0.1) is 22.4 Å². The molecule has 0 N–H and O–H groups in total. The topological polar surface area (TPSA) is 17.3 Å². The molecule has 230 valence electrons. The third-order valence-corrected chi connectivity index (χ3v) is 10.3. The summed E-state index contributed by atoms with van der Waals surface area (Å²) in [6.07, 6.45) is 6.45. The molecule has 9 rings (SSSR count). The zero-order valence-corrected chi connectivity index (χ0v) is 27.3. The first-order valence-corrected chi connectivity index (χ1v) is 16.9. The summed E-state index contributed by atoms with van der Waals surface area (Å²) >= 11 is 0. The summed E-state index contributed by atoms with van der Waals surface area (Å²) in [6.45, 7) is 4.73. The minimum absolute atomic E-state index is 0.0633. The van der Waals surface area contributed by atoms with E-state index in [0.717, 1.165) is 35.4 Å². The molecule has 0 spiro atoms. The maximum absolute atomic E-state index is 5.27. The Hall–Kier alpha value is -5.73. The molecule has 1 aliphatic heterocycles. The summed E-state index contributed by atoms with van der Waals surface area (Å²) in [7, 11) is 0. The molecular formula is C46H36N2. The summed E-state index contributed by atoms with van der Waals surface area (Å²) in [5.74, 6) is 0. The van der Waals surface area contributed by atoms with Crippen molar-refractivity contribution in [1.82, 2.24) is 4.57 Å². The largest absolute Gasteiger partial charge is 0.309 e. The van der Waals surface area contributed by atoms with Gasteiger partial charge in [-0.15, -0.1) is 0 Å². The molecular weight excluding hydrogens is 581 g/mol. The Morgan fingerprint density at radius 3 is 2.10 bits per heavy atom. The summed E-state index contributed by atoms with van der Waals surface area (Å²) < 4.78 is 2.47. The first kappa shape index (κ1) is 28.5. The lowest BCUT2D eigenvalue weighted by molar-refractivity contribution is 0.661. The fourth-order valence-electron chi connectivity index (χ4n) is 7.87. The Labute approximate surface area is 282 Å². The number of allylic oxidation sites excluding steroid dienone is 3. The van der Waals surface area contributed by atoms with Crippen molar-refractivity contribution in [3.05, 3.63) is 186 Å². The smallest absolute Gasteiger partial charge is 0.0712 e. The number of para-hydroxylation sites is 1. The molecule has 2 heteroatoms. The molecule has 0 fully saturated rings. The number of hydrogen-bond donors (Lipinski definition) is 0. The van der Waals surface area contributed by atoms with Crippen molar-refractivity contribution in [2.75, 3.05) is 0 Å². The Bertz CT molecular complexity index is 2450. The van der Waals surface area contributed by atoms with Crippen molar-refractivity contribution in [2.45, 2.75) is 32.1 Å². The quantitative estimate of drug-likeness (QED) is 0.187. The second kappa shape index (κ2) is 11.2. The second-order valence-corrected chi connectivity index (χ2v) is 13.5. The zero-order chi connectivity index (χ0) is 32.2. The Morgan fingerprint density at radius 2 is 1.27 bits per heavy atom. The van der Waals surface area contributed by atoms with Crippen LogP contribution in [0.3, 0.4) is 0 Å². The van der Waals surface area contributed by atoms with Gasteiger partial charge in [0, 0.05) is 27.4 Å². The van der Waals surface area contributed by atoms with Gasteiger partial charge in [0.25, 0.3) is 0 Å². The van der Waals surface area contributed by atoms with Crippen molar-refractivity contribution < 1.29 is 0 Å². The van der Waals surface area contributed by atoms with Crippen LogP contribution in [-0.2, 0) is 5.41 Å². The van der Waals surface area contributed by atoms with Gasteiger partial charge in [0.1, 0.15) is 0 Å². The highest BCUT2D eigenvalue weighted by Gasteiger charge is 2.36. The Morgan fingerprint density at radius 1 is 0.562 bits per heavy atom. The van der Waals surface area contributed by atoms with E-state index in [9.17, 15) is 0 Å². The highest BCUT2D eigenvalue weighted by atomic mass is 15.0. The minimum atomic E-state index is -0.0633. The van der Waals surface area contributed by atoms with Crippen molar-refractivity contribution in [3.63, 3.8) is 0 Å². The molecule has 0 atom stereocenters. The predicted octanol–water partition coefficient (Wildman–Crippen LogP) is 11.8. The van der Waals surface area contributed by atoms with Crippen LogP contribution in [0.5, 0.6) is 0 Å². The van der Waals surface area contributed by atoms with E-state index in [1.165, 1.54) is 60.9 Å². The minimum Gasteiger partial charge on any atom is -0.309 e. The fourth-order valence-corrected chi connectivity index (χ4v) is 7.87. The molecule has 7 aromatic rings. The van der Waals surface area contributed by atoms with Gasteiger partial charge < -0.3 is 4.57 Å². The van der Waals surface area contributed by atoms with Crippen molar-refractivity contribution >= 4 is 38.8 Å². The molecule has 6 aromatic carbocycles. The number of aliphatic imine (C=N–C) groups is 1. The second-order valence-electron chi connectivity index (χ2n) is 13.5. The number of benzene rings is 6. The lowest BCUT2D eigenvalue weighted by Crippen LogP contribution is -2.14. The predicted molar refractivity (Wildman–Crippen MR) is 203 cm³/mol. The van der Waals surface area contributed by atoms with Crippen molar-refractivity contribution in [2.24, 2.45) is 4.99 Å². The lowest BCUT2D eigenvalue weighted by atomic mass is 9.82. The van der Waals surface area contributed by atoms with Crippen LogP contribution in [-0.4, -0.2) is 10.3 Å². The van der Waals surface area contributed by atoms with Crippen LogP contribution in [0.4, 0.5) is 0 Å². The maximum atomic E-state index is 5.27. The van der Waals surface area contributed by atoms with Crippen LogP contribution in [0.15, 0.2) is 163 Å². The number of fused-ring (bicyclic) bond motifs is 6. The first-order chi connectivity index (χ1) is 23.6. The summed E-state index contributed by atoms with van der Waals surface area (Å²) in [5.41, 5.74) is 15.9. The van der Waals surface area contributed by atoms with Crippen LogP contribution in [0, 0.1) is 0 Å². The summed E-state index contributed by atoms with van der Waals surface area (Å²) in [5, 5.41) is 2.58. The maximum Gasteiger partial charge on any atom is 0.0712 e. The molecule has 0 saturated carbocycles. The molecule has 0 unspecified atom stereocenters. The van der Waals surface area contributed by atoms with Gasteiger partial charge in [-0.3, -0.25) is 0 Å².